The van der Waals surface area contributed by atoms with Crippen molar-refractivity contribution in [2.75, 3.05) is 6.61 Å². The van der Waals surface area contributed by atoms with E-state index in [1.165, 1.54) is 51.4 Å². The summed E-state index contributed by atoms with van der Waals surface area (Å²) in [5, 5.41) is 7.73. The minimum atomic E-state index is -4.33. The second-order valence-corrected chi connectivity index (χ2v) is 7.27. The van der Waals surface area contributed by atoms with E-state index in [1.807, 2.05) is 0 Å². The van der Waals surface area contributed by atoms with Crippen LogP contribution in [-0.2, 0) is 10.1 Å². The molecule has 6 heteroatoms. The molecule has 1 unspecified atom stereocenters. The van der Waals surface area contributed by atoms with E-state index >= 15 is 0 Å². The molecule has 21 heavy (non-hydrogen) atoms. The molecule has 0 saturated heterocycles. The van der Waals surface area contributed by atoms with Crippen molar-refractivity contribution in [2.45, 2.75) is 89.2 Å². The molecule has 0 heterocycles. The molecule has 0 aromatic heterocycles. The fraction of sp³-hybridized carbons (Fsp3) is 1.00. The zero-order valence-electron chi connectivity index (χ0n) is 13.8. The van der Waals surface area contributed by atoms with Gasteiger partial charge in [-0.15, -0.1) is 0 Å². The van der Waals surface area contributed by atoms with E-state index in [0.29, 0.717) is 12.8 Å². The van der Waals surface area contributed by atoms with Crippen molar-refractivity contribution < 1.29 is 69.5 Å². The van der Waals surface area contributed by atoms with Crippen LogP contribution >= 0.6 is 0 Å². The molecule has 0 aliphatic rings. The van der Waals surface area contributed by atoms with Gasteiger partial charge in [-0.3, -0.25) is 0 Å². The van der Waals surface area contributed by atoms with Crippen LogP contribution in [0.1, 0.15) is 84.0 Å². The predicted octanol–water partition coefficient (Wildman–Crippen LogP) is 0.598. The Kier molecular flexibility index (Phi) is 19.3. The van der Waals surface area contributed by atoms with Gasteiger partial charge in [-0.2, -0.15) is 0 Å². The van der Waals surface area contributed by atoms with E-state index in [2.05, 4.69) is 6.92 Å². The van der Waals surface area contributed by atoms with Crippen molar-refractivity contribution in [1.82, 2.24) is 0 Å². The molecule has 0 bridgehead atoms. The Morgan fingerprint density at radius 2 is 1.24 bits per heavy atom. The summed E-state index contributed by atoms with van der Waals surface area (Å²) >= 11 is 0. The van der Waals surface area contributed by atoms with Gasteiger partial charge in [-0.05, 0) is 6.42 Å². The third-order valence-corrected chi connectivity index (χ3v) is 4.94. The molecule has 0 aliphatic heterocycles. The van der Waals surface area contributed by atoms with Gasteiger partial charge in [0.25, 0.3) is 0 Å². The molecule has 0 aromatic carbocycles. The SMILES string of the molecule is CCCCCCCCCCCCCC(CO)S(=O)(=O)[O-].[K+]. The van der Waals surface area contributed by atoms with Crippen molar-refractivity contribution in [3.63, 3.8) is 0 Å². The van der Waals surface area contributed by atoms with E-state index in [4.69, 9.17) is 5.11 Å². The number of hydrogen-bond acceptors (Lipinski definition) is 4. The average Bonchev–Trinajstić information content (AvgIpc) is 2.38. The smallest absolute Gasteiger partial charge is 0.748 e. The molecule has 0 saturated carbocycles. The Bertz CT molecular complexity index is 307. The summed E-state index contributed by atoms with van der Waals surface area (Å²) in [6, 6.07) is 0. The molecule has 0 rings (SSSR count). The van der Waals surface area contributed by atoms with Crippen molar-refractivity contribution >= 4 is 10.1 Å². The third kappa shape index (κ3) is 16.2. The summed E-state index contributed by atoms with van der Waals surface area (Å²) in [4.78, 5) is 0. The van der Waals surface area contributed by atoms with Gasteiger partial charge in [0.1, 0.15) is 0 Å². The predicted molar refractivity (Wildman–Crippen MR) is 81.6 cm³/mol. The van der Waals surface area contributed by atoms with Gasteiger partial charge in [0.05, 0.1) is 22.0 Å². The van der Waals surface area contributed by atoms with Crippen LogP contribution in [0.2, 0.25) is 0 Å². The summed E-state index contributed by atoms with van der Waals surface area (Å²) in [5.41, 5.74) is 0. The molecule has 1 atom stereocenters. The van der Waals surface area contributed by atoms with Crippen LogP contribution in [0.3, 0.4) is 0 Å². The molecular formula is C15H31KO4S. The van der Waals surface area contributed by atoms with Gasteiger partial charge >= 0.3 is 51.4 Å². The van der Waals surface area contributed by atoms with Gasteiger partial charge in [-0.1, -0.05) is 77.6 Å². The second-order valence-electron chi connectivity index (χ2n) is 5.62. The van der Waals surface area contributed by atoms with Gasteiger partial charge in [0.15, 0.2) is 0 Å². The first kappa shape index (κ1) is 24.8. The molecule has 0 aliphatic carbocycles. The van der Waals surface area contributed by atoms with E-state index in [9.17, 15) is 13.0 Å². The van der Waals surface area contributed by atoms with E-state index in [0.717, 1.165) is 12.8 Å². The van der Waals surface area contributed by atoms with Crippen LogP contribution in [0, 0.1) is 0 Å². The third-order valence-electron chi connectivity index (χ3n) is 3.74. The van der Waals surface area contributed by atoms with Crippen LogP contribution < -0.4 is 51.4 Å². The molecule has 4 nitrogen and oxygen atoms in total. The quantitative estimate of drug-likeness (QED) is 0.284. The Morgan fingerprint density at radius 1 is 0.857 bits per heavy atom. The monoisotopic (exact) mass is 346 g/mol. The maximum absolute atomic E-state index is 10.8. The largest absolute Gasteiger partial charge is 1.00 e. The zero-order valence-corrected chi connectivity index (χ0v) is 17.8. The Morgan fingerprint density at radius 3 is 1.57 bits per heavy atom. The first-order valence-electron chi connectivity index (χ1n) is 8.08. The summed E-state index contributed by atoms with van der Waals surface area (Å²) in [6.07, 6.45) is 13.4. The van der Waals surface area contributed by atoms with Crippen molar-refractivity contribution in [1.29, 1.82) is 0 Å². The minimum absolute atomic E-state index is 0. The molecule has 0 amide bonds. The Labute approximate surface area is 173 Å². The topological polar surface area (TPSA) is 77.4 Å². The Hall–Kier alpha value is 1.51. The summed E-state index contributed by atoms with van der Waals surface area (Å²) in [6.45, 7) is 1.67. The van der Waals surface area contributed by atoms with Crippen LogP contribution in [0.5, 0.6) is 0 Å². The van der Waals surface area contributed by atoms with Gasteiger partial charge in [0, 0.05) is 0 Å². The summed E-state index contributed by atoms with van der Waals surface area (Å²) < 4.78 is 32.3. The fourth-order valence-corrected chi connectivity index (χ4v) is 3.00. The number of unbranched alkanes of at least 4 members (excludes halogenated alkanes) is 10. The van der Waals surface area contributed by atoms with E-state index in [-0.39, 0.29) is 51.4 Å². The maximum atomic E-state index is 10.8. The summed E-state index contributed by atoms with van der Waals surface area (Å²) in [7, 11) is -4.33. The molecule has 0 radical (unpaired) electrons. The minimum Gasteiger partial charge on any atom is -0.748 e. The van der Waals surface area contributed by atoms with Crippen molar-refractivity contribution in [3.8, 4) is 0 Å². The fourth-order valence-electron chi connectivity index (χ4n) is 2.36. The van der Waals surface area contributed by atoms with Crippen LogP contribution in [-0.4, -0.2) is 29.9 Å². The average molecular weight is 347 g/mol. The zero-order chi connectivity index (χ0) is 15.3. The number of hydrogen-bond donors (Lipinski definition) is 1. The first-order valence-corrected chi connectivity index (χ1v) is 9.55. The van der Waals surface area contributed by atoms with E-state index in [1.54, 1.807) is 0 Å². The molecule has 122 valence electrons. The normalized spacial score (nSPS) is 12.9. The molecule has 0 aromatic rings. The van der Waals surface area contributed by atoms with Gasteiger partial charge in [-0.25, -0.2) is 8.42 Å². The Balaban J connectivity index is 0. The molecule has 0 fully saturated rings. The van der Waals surface area contributed by atoms with Gasteiger partial charge < -0.3 is 9.66 Å². The van der Waals surface area contributed by atoms with Crippen molar-refractivity contribution in [2.24, 2.45) is 0 Å². The number of rotatable bonds is 14. The van der Waals surface area contributed by atoms with Crippen molar-refractivity contribution in [3.05, 3.63) is 0 Å². The van der Waals surface area contributed by atoms with Gasteiger partial charge in [0.2, 0.25) is 0 Å². The van der Waals surface area contributed by atoms with Crippen LogP contribution in [0.15, 0.2) is 0 Å². The van der Waals surface area contributed by atoms with Crippen LogP contribution in [0.4, 0.5) is 0 Å². The standard InChI is InChI=1S/C15H32O4S.K/c1-2-3-4-5-6-7-8-9-10-11-12-13-15(14-16)20(17,18)19;/h15-16H,2-14H2,1H3,(H,17,18,19);/q;+1/p-1. The molecule has 0 spiro atoms. The number of aliphatic hydroxyl groups is 1. The van der Waals surface area contributed by atoms with Crippen LogP contribution in [0.25, 0.3) is 0 Å². The number of aliphatic hydroxyl groups excluding tert-OH is 1. The first-order chi connectivity index (χ1) is 9.52. The van der Waals surface area contributed by atoms with E-state index < -0.39 is 22.0 Å². The second kappa shape index (κ2) is 16.4. The maximum Gasteiger partial charge on any atom is 1.00 e. The summed E-state index contributed by atoms with van der Waals surface area (Å²) in [5.74, 6) is 0. The molecule has 1 N–H and O–H groups in total. The molecular weight excluding hydrogens is 315 g/mol.